The number of rotatable bonds is 5. The monoisotopic (exact) mass is 429 g/mol. The van der Waals surface area contributed by atoms with Gasteiger partial charge in [-0.2, -0.15) is 0 Å². The Morgan fingerprint density at radius 2 is 1.69 bits per heavy atom. The van der Waals surface area contributed by atoms with Gasteiger partial charge in [-0.05, 0) is 54.6 Å². The van der Waals surface area contributed by atoms with Gasteiger partial charge in [-0.15, -0.1) is 0 Å². The maximum atomic E-state index is 14.4. The van der Waals surface area contributed by atoms with Gasteiger partial charge in [0.2, 0.25) is 5.91 Å². The number of methoxy groups -OCH3 is 1. The summed E-state index contributed by atoms with van der Waals surface area (Å²) in [5.41, 5.74) is 2.75. The number of benzene rings is 3. The van der Waals surface area contributed by atoms with Gasteiger partial charge in [-0.3, -0.25) is 9.59 Å². The molecular weight excluding hydrogens is 409 g/mol. The lowest BCUT2D eigenvalue weighted by Crippen LogP contribution is -2.15. The second kappa shape index (κ2) is 8.85. The van der Waals surface area contributed by atoms with Crippen LogP contribution in [0.2, 0.25) is 0 Å². The second-order valence-electron chi connectivity index (χ2n) is 7.13. The number of aromatic nitrogens is 1. The molecule has 0 saturated heterocycles. The Labute approximate surface area is 184 Å². The number of pyridine rings is 1. The van der Waals surface area contributed by atoms with Crippen LogP contribution in [0.1, 0.15) is 17.3 Å². The number of ether oxygens (including phenoxy) is 1. The van der Waals surface area contributed by atoms with E-state index in [-0.39, 0.29) is 11.6 Å². The van der Waals surface area contributed by atoms with Crippen LogP contribution in [-0.4, -0.2) is 23.9 Å². The van der Waals surface area contributed by atoms with Gasteiger partial charge in [-0.25, -0.2) is 9.37 Å². The highest BCUT2D eigenvalue weighted by molar-refractivity contribution is 6.13. The molecule has 32 heavy (non-hydrogen) atoms. The minimum absolute atomic E-state index is 0.0341. The van der Waals surface area contributed by atoms with Gasteiger partial charge < -0.3 is 15.4 Å². The topological polar surface area (TPSA) is 80.3 Å². The van der Waals surface area contributed by atoms with E-state index in [1.54, 1.807) is 19.2 Å². The number of hydrogen-bond donors (Lipinski definition) is 2. The number of fused-ring (bicyclic) bond motifs is 1. The number of nitrogens with zero attached hydrogens (tertiary/aromatic N) is 1. The molecule has 4 aromatic rings. The predicted octanol–water partition coefficient (Wildman–Crippen LogP) is 5.26. The minimum atomic E-state index is -0.610. The average molecular weight is 429 g/mol. The predicted molar refractivity (Wildman–Crippen MR) is 122 cm³/mol. The van der Waals surface area contributed by atoms with Crippen LogP contribution in [0.5, 0.6) is 5.75 Å². The molecule has 0 radical (unpaired) electrons. The van der Waals surface area contributed by atoms with E-state index in [9.17, 15) is 14.0 Å². The number of halogens is 1. The summed E-state index contributed by atoms with van der Waals surface area (Å²) >= 11 is 0. The van der Waals surface area contributed by atoms with Crippen LogP contribution in [0.15, 0.2) is 72.8 Å². The fraction of sp³-hybridized carbons (Fsp3) is 0.0800. The Morgan fingerprint density at radius 1 is 0.938 bits per heavy atom. The molecule has 160 valence electrons. The Kier molecular flexibility index (Phi) is 5.81. The van der Waals surface area contributed by atoms with Crippen LogP contribution in [0.25, 0.3) is 22.2 Å². The number of carbonyl (C=O) groups is 2. The molecule has 0 aliphatic rings. The summed E-state index contributed by atoms with van der Waals surface area (Å²) in [5, 5.41) is 5.83. The largest absolute Gasteiger partial charge is 0.497 e. The quantitative estimate of drug-likeness (QED) is 0.454. The average Bonchev–Trinajstić information content (AvgIpc) is 2.80. The van der Waals surface area contributed by atoms with E-state index in [1.807, 2.05) is 42.5 Å². The first kappa shape index (κ1) is 21.0. The van der Waals surface area contributed by atoms with E-state index in [0.717, 1.165) is 5.56 Å². The van der Waals surface area contributed by atoms with Gasteiger partial charge in [-0.1, -0.05) is 18.2 Å². The SMILES string of the molecule is COc1ccc(-c2cc(C(=O)Nc3cc(NC(C)=O)ccc3F)c3ccccc3n2)cc1. The van der Waals surface area contributed by atoms with E-state index in [0.29, 0.717) is 33.6 Å². The number of nitrogens with one attached hydrogen (secondary N) is 2. The molecule has 0 unspecified atom stereocenters. The molecule has 3 aromatic carbocycles. The fourth-order valence-electron chi connectivity index (χ4n) is 3.36. The van der Waals surface area contributed by atoms with Crippen molar-refractivity contribution >= 4 is 34.1 Å². The van der Waals surface area contributed by atoms with Crippen molar-refractivity contribution in [3.8, 4) is 17.0 Å². The third-order valence-corrected chi connectivity index (χ3v) is 4.88. The van der Waals surface area contributed by atoms with Crippen LogP contribution < -0.4 is 15.4 Å². The van der Waals surface area contributed by atoms with Crippen molar-refractivity contribution in [3.05, 3.63) is 84.2 Å². The molecule has 2 amide bonds. The molecule has 0 bridgehead atoms. The summed E-state index contributed by atoms with van der Waals surface area (Å²) in [7, 11) is 1.59. The van der Waals surface area contributed by atoms with Gasteiger partial charge in [0.25, 0.3) is 5.91 Å². The first-order chi connectivity index (χ1) is 15.4. The number of para-hydroxylation sites is 1. The molecular formula is C25H20FN3O3. The molecule has 4 rings (SSSR count). The summed E-state index contributed by atoms with van der Waals surface area (Å²) in [4.78, 5) is 29.2. The highest BCUT2D eigenvalue weighted by Gasteiger charge is 2.16. The van der Waals surface area contributed by atoms with Crippen LogP contribution in [0.3, 0.4) is 0 Å². The molecule has 0 aliphatic heterocycles. The van der Waals surface area contributed by atoms with Crippen molar-refractivity contribution in [2.45, 2.75) is 6.92 Å². The van der Waals surface area contributed by atoms with Crippen LogP contribution >= 0.6 is 0 Å². The van der Waals surface area contributed by atoms with Crippen LogP contribution in [0.4, 0.5) is 15.8 Å². The van der Waals surface area contributed by atoms with Crippen molar-refractivity contribution in [1.82, 2.24) is 4.98 Å². The fourth-order valence-corrected chi connectivity index (χ4v) is 3.36. The maximum Gasteiger partial charge on any atom is 0.256 e. The minimum Gasteiger partial charge on any atom is -0.497 e. The lowest BCUT2D eigenvalue weighted by atomic mass is 10.0. The number of amides is 2. The van der Waals surface area contributed by atoms with Gasteiger partial charge in [0, 0.05) is 23.6 Å². The molecule has 0 saturated carbocycles. The highest BCUT2D eigenvalue weighted by Crippen LogP contribution is 2.28. The zero-order valence-corrected chi connectivity index (χ0v) is 17.5. The molecule has 7 heteroatoms. The molecule has 0 atom stereocenters. The van der Waals surface area contributed by atoms with Gasteiger partial charge in [0.15, 0.2) is 0 Å². The number of hydrogen-bond acceptors (Lipinski definition) is 4. The zero-order valence-electron chi connectivity index (χ0n) is 17.5. The molecule has 0 spiro atoms. The van der Waals surface area contributed by atoms with E-state index in [4.69, 9.17) is 4.74 Å². The summed E-state index contributed by atoms with van der Waals surface area (Å²) in [6.07, 6.45) is 0. The Morgan fingerprint density at radius 3 is 2.41 bits per heavy atom. The molecule has 1 heterocycles. The highest BCUT2D eigenvalue weighted by atomic mass is 19.1. The van der Waals surface area contributed by atoms with Gasteiger partial charge in [0.1, 0.15) is 11.6 Å². The standard InChI is InChI=1S/C25H20FN3O3/c1-15(30)27-17-9-12-21(26)24(13-17)29-25(31)20-14-23(16-7-10-18(32-2)11-8-16)28-22-6-4-3-5-19(20)22/h3-14H,1-2H3,(H,27,30)(H,29,31). The molecule has 0 aliphatic carbocycles. The van der Waals surface area contributed by atoms with Gasteiger partial charge in [0.05, 0.1) is 29.6 Å². The molecule has 2 N–H and O–H groups in total. The second-order valence-corrected chi connectivity index (χ2v) is 7.13. The van der Waals surface area contributed by atoms with Gasteiger partial charge >= 0.3 is 0 Å². The molecule has 6 nitrogen and oxygen atoms in total. The normalized spacial score (nSPS) is 10.6. The Balaban J connectivity index is 1.74. The van der Waals surface area contributed by atoms with E-state index >= 15 is 0 Å². The summed E-state index contributed by atoms with van der Waals surface area (Å²) in [6, 6.07) is 20.3. The van der Waals surface area contributed by atoms with Crippen molar-refractivity contribution in [2.24, 2.45) is 0 Å². The van der Waals surface area contributed by atoms with Crippen LogP contribution in [-0.2, 0) is 4.79 Å². The smallest absolute Gasteiger partial charge is 0.256 e. The van der Waals surface area contributed by atoms with Crippen molar-refractivity contribution in [1.29, 1.82) is 0 Å². The van der Waals surface area contributed by atoms with Crippen molar-refractivity contribution < 1.29 is 18.7 Å². The Bertz CT molecular complexity index is 1320. The summed E-state index contributed by atoms with van der Waals surface area (Å²) < 4.78 is 19.6. The first-order valence-electron chi connectivity index (χ1n) is 9.87. The van der Waals surface area contributed by atoms with E-state index < -0.39 is 11.7 Å². The summed E-state index contributed by atoms with van der Waals surface area (Å²) in [6.45, 7) is 1.35. The van der Waals surface area contributed by atoms with Crippen molar-refractivity contribution in [3.63, 3.8) is 0 Å². The third kappa shape index (κ3) is 4.41. The lowest BCUT2D eigenvalue weighted by Gasteiger charge is -2.12. The Hall–Kier alpha value is -4.26. The molecule has 1 aromatic heterocycles. The lowest BCUT2D eigenvalue weighted by molar-refractivity contribution is -0.114. The molecule has 0 fully saturated rings. The van der Waals surface area contributed by atoms with Crippen molar-refractivity contribution in [2.75, 3.05) is 17.7 Å². The van der Waals surface area contributed by atoms with E-state index in [2.05, 4.69) is 15.6 Å². The number of carbonyl (C=O) groups excluding carboxylic acids is 2. The van der Waals surface area contributed by atoms with Crippen LogP contribution in [0, 0.1) is 5.82 Å². The number of anilines is 2. The summed E-state index contributed by atoms with van der Waals surface area (Å²) in [5.74, 6) is -0.682. The maximum absolute atomic E-state index is 14.4. The zero-order chi connectivity index (χ0) is 22.7. The van der Waals surface area contributed by atoms with E-state index in [1.165, 1.54) is 25.1 Å². The third-order valence-electron chi connectivity index (χ3n) is 4.88. The first-order valence-corrected chi connectivity index (χ1v) is 9.87.